The second-order valence-electron chi connectivity index (χ2n) is 3.71. The Hall–Kier alpha value is -1.36. The van der Waals surface area contributed by atoms with Crippen LogP contribution in [-0.4, -0.2) is 30.5 Å². The molecule has 1 aromatic rings. The van der Waals surface area contributed by atoms with Crippen molar-refractivity contribution >= 4 is 5.91 Å². The molecular weight excluding hydrogens is 194 g/mol. The molecule has 2 N–H and O–H groups in total. The molecule has 1 aliphatic heterocycles. The zero-order valence-electron chi connectivity index (χ0n) is 8.75. The fourth-order valence-corrected chi connectivity index (χ4v) is 1.52. The van der Waals surface area contributed by atoms with Gasteiger partial charge in [-0.1, -0.05) is 6.92 Å². The van der Waals surface area contributed by atoms with Gasteiger partial charge in [-0.15, -0.1) is 0 Å². The Balaban J connectivity index is 1.89. The van der Waals surface area contributed by atoms with Crippen LogP contribution in [0.5, 0.6) is 0 Å². The number of nitrogens with one attached hydrogen (secondary N) is 2. The van der Waals surface area contributed by atoms with E-state index < -0.39 is 0 Å². The van der Waals surface area contributed by atoms with Gasteiger partial charge in [-0.05, 0) is 0 Å². The summed E-state index contributed by atoms with van der Waals surface area (Å²) in [4.78, 5) is 15.6. The lowest BCUT2D eigenvalue weighted by molar-refractivity contribution is 0.0936. The van der Waals surface area contributed by atoms with Crippen LogP contribution in [0.3, 0.4) is 0 Å². The molecule has 1 fully saturated rings. The first-order valence-corrected chi connectivity index (χ1v) is 5.22. The number of oxazole rings is 1. The smallest absolute Gasteiger partial charge is 0.273 e. The highest BCUT2D eigenvalue weighted by Crippen LogP contribution is 2.07. The maximum atomic E-state index is 11.7. The highest BCUT2D eigenvalue weighted by atomic mass is 16.3. The molecule has 0 spiro atoms. The van der Waals surface area contributed by atoms with Crippen LogP contribution in [0.4, 0.5) is 0 Å². The highest BCUT2D eigenvalue weighted by Gasteiger charge is 2.20. The van der Waals surface area contributed by atoms with Crippen molar-refractivity contribution in [2.75, 3.05) is 19.6 Å². The number of carbonyl (C=O) groups excluding carboxylic acids is 1. The van der Waals surface area contributed by atoms with E-state index in [-0.39, 0.29) is 5.91 Å². The molecule has 0 aromatic carbocycles. The van der Waals surface area contributed by atoms with E-state index in [0.29, 0.717) is 30.3 Å². The summed E-state index contributed by atoms with van der Waals surface area (Å²) < 4.78 is 5.10. The molecule has 0 aliphatic carbocycles. The SMILES string of the molecule is CCc1ocnc1C(=O)NCC1CNC1. The van der Waals surface area contributed by atoms with Crippen molar-refractivity contribution in [1.82, 2.24) is 15.6 Å². The van der Waals surface area contributed by atoms with Crippen LogP contribution in [0.1, 0.15) is 23.2 Å². The molecule has 0 saturated carbocycles. The van der Waals surface area contributed by atoms with Gasteiger partial charge in [0, 0.05) is 32.0 Å². The van der Waals surface area contributed by atoms with Crippen molar-refractivity contribution < 1.29 is 9.21 Å². The number of carbonyl (C=O) groups is 1. The maximum Gasteiger partial charge on any atom is 0.273 e. The van der Waals surface area contributed by atoms with Crippen LogP contribution in [0.2, 0.25) is 0 Å². The molecule has 0 radical (unpaired) electrons. The minimum Gasteiger partial charge on any atom is -0.448 e. The molecule has 1 amide bonds. The summed E-state index contributed by atoms with van der Waals surface area (Å²) in [7, 11) is 0. The van der Waals surface area contributed by atoms with Crippen LogP contribution in [-0.2, 0) is 6.42 Å². The predicted molar refractivity (Wildman–Crippen MR) is 54.6 cm³/mol. The summed E-state index contributed by atoms with van der Waals surface area (Å²) >= 11 is 0. The summed E-state index contributed by atoms with van der Waals surface area (Å²) in [6.45, 7) is 4.62. The van der Waals surface area contributed by atoms with Crippen LogP contribution in [0.25, 0.3) is 0 Å². The second-order valence-corrected chi connectivity index (χ2v) is 3.71. The Labute approximate surface area is 88.3 Å². The third kappa shape index (κ3) is 2.18. The van der Waals surface area contributed by atoms with Gasteiger partial charge in [0.15, 0.2) is 12.1 Å². The van der Waals surface area contributed by atoms with Gasteiger partial charge in [0.1, 0.15) is 5.76 Å². The van der Waals surface area contributed by atoms with Gasteiger partial charge in [0.2, 0.25) is 0 Å². The molecule has 0 bridgehead atoms. The van der Waals surface area contributed by atoms with E-state index in [1.54, 1.807) is 0 Å². The Morgan fingerprint density at radius 1 is 1.73 bits per heavy atom. The Morgan fingerprint density at radius 2 is 2.53 bits per heavy atom. The molecule has 0 atom stereocenters. The van der Waals surface area contributed by atoms with Gasteiger partial charge in [0.25, 0.3) is 5.91 Å². The van der Waals surface area contributed by atoms with Crippen molar-refractivity contribution in [1.29, 1.82) is 0 Å². The van der Waals surface area contributed by atoms with Crippen molar-refractivity contribution in [3.63, 3.8) is 0 Å². The lowest BCUT2D eigenvalue weighted by atomic mass is 10.0. The molecule has 1 saturated heterocycles. The molecule has 1 aliphatic rings. The van der Waals surface area contributed by atoms with Gasteiger partial charge in [-0.25, -0.2) is 4.98 Å². The standard InChI is InChI=1S/C10H15N3O2/c1-2-8-9(13-6-15-8)10(14)12-5-7-3-11-4-7/h6-7,11H,2-5H2,1H3,(H,12,14). The summed E-state index contributed by atoms with van der Waals surface area (Å²) in [6.07, 6.45) is 2.01. The average Bonchev–Trinajstić information content (AvgIpc) is 2.62. The summed E-state index contributed by atoms with van der Waals surface area (Å²) in [5.41, 5.74) is 0.421. The Kier molecular flexibility index (Phi) is 3.01. The third-order valence-electron chi connectivity index (χ3n) is 2.59. The Bertz CT molecular complexity index is 344. The first-order valence-electron chi connectivity index (χ1n) is 5.22. The summed E-state index contributed by atoms with van der Waals surface area (Å²) in [5, 5.41) is 6.02. The van der Waals surface area contributed by atoms with Crippen molar-refractivity contribution in [3.05, 3.63) is 17.8 Å². The van der Waals surface area contributed by atoms with Crippen molar-refractivity contribution in [2.45, 2.75) is 13.3 Å². The molecule has 2 heterocycles. The van der Waals surface area contributed by atoms with E-state index in [1.165, 1.54) is 6.39 Å². The fraction of sp³-hybridized carbons (Fsp3) is 0.600. The topological polar surface area (TPSA) is 67.2 Å². The third-order valence-corrected chi connectivity index (χ3v) is 2.59. The minimum atomic E-state index is -0.132. The molecule has 2 rings (SSSR count). The first kappa shape index (κ1) is 10.2. The van der Waals surface area contributed by atoms with E-state index in [2.05, 4.69) is 15.6 Å². The van der Waals surface area contributed by atoms with Crippen LogP contribution >= 0.6 is 0 Å². The number of rotatable bonds is 4. The molecule has 15 heavy (non-hydrogen) atoms. The lowest BCUT2D eigenvalue weighted by Crippen LogP contribution is -2.48. The number of aromatic nitrogens is 1. The normalized spacial score (nSPS) is 16.1. The second kappa shape index (κ2) is 4.44. The molecule has 82 valence electrons. The molecule has 5 heteroatoms. The zero-order chi connectivity index (χ0) is 10.7. The van der Waals surface area contributed by atoms with Gasteiger partial charge >= 0.3 is 0 Å². The quantitative estimate of drug-likeness (QED) is 0.742. The largest absolute Gasteiger partial charge is 0.448 e. The molecular formula is C10H15N3O2. The minimum absolute atomic E-state index is 0.132. The number of aryl methyl sites for hydroxylation is 1. The van der Waals surface area contributed by atoms with E-state index >= 15 is 0 Å². The number of hydrogen-bond acceptors (Lipinski definition) is 4. The lowest BCUT2D eigenvalue weighted by Gasteiger charge is -2.26. The zero-order valence-corrected chi connectivity index (χ0v) is 8.75. The average molecular weight is 209 g/mol. The van der Waals surface area contributed by atoms with E-state index in [0.717, 1.165) is 13.1 Å². The Morgan fingerprint density at radius 3 is 3.13 bits per heavy atom. The monoisotopic (exact) mass is 209 g/mol. The van der Waals surface area contributed by atoms with Gasteiger partial charge in [-0.2, -0.15) is 0 Å². The van der Waals surface area contributed by atoms with E-state index in [9.17, 15) is 4.79 Å². The number of amides is 1. The van der Waals surface area contributed by atoms with E-state index in [4.69, 9.17) is 4.42 Å². The van der Waals surface area contributed by atoms with Crippen LogP contribution < -0.4 is 10.6 Å². The van der Waals surface area contributed by atoms with Crippen molar-refractivity contribution in [3.8, 4) is 0 Å². The number of hydrogen-bond donors (Lipinski definition) is 2. The van der Waals surface area contributed by atoms with Crippen LogP contribution in [0.15, 0.2) is 10.8 Å². The molecule has 1 aromatic heterocycles. The van der Waals surface area contributed by atoms with Crippen molar-refractivity contribution in [2.24, 2.45) is 5.92 Å². The first-order chi connectivity index (χ1) is 7.31. The summed E-state index contributed by atoms with van der Waals surface area (Å²) in [5.74, 6) is 1.08. The van der Waals surface area contributed by atoms with Crippen LogP contribution in [0, 0.1) is 5.92 Å². The fourth-order valence-electron chi connectivity index (χ4n) is 1.52. The highest BCUT2D eigenvalue weighted by molar-refractivity contribution is 5.93. The molecule has 5 nitrogen and oxygen atoms in total. The number of nitrogens with zero attached hydrogens (tertiary/aromatic N) is 1. The predicted octanol–water partition coefficient (Wildman–Crippen LogP) is 0.186. The van der Waals surface area contributed by atoms with E-state index in [1.807, 2.05) is 6.92 Å². The molecule has 0 unspecified atom stereocenters. The van der Waals surface area contributed by atoms with Gasteiger partial charge in [0.05, 0.1) is 0 Å². The van der Waals surface area contributed by atoms with Gasteiger partial charge in [-0.3, -0.25) is 4.79 Å². The maximum absolute atomic E-state index is 11.7. The van der Waals surface area contributed by atoms with Gasteiger partial charge < -0.3 is 15.1 Å². The summed E-state index contributed by atoms with van der Waals surface area (Å²) in [6, 6.07) is 0.